The molecule has 3 heteroatoms. The highest BCUT2D eigenvalue weighted by Crippen LogP contribution is 2.22. The standard InChI is InChI=1S/C15H12N2O/c18-12-7-9-15-13(10-12)14(16-17-15)8-6-11-4-2-1-3-5-11/h1-10,18H,(H,16,17). The van der Waals surface area contributed by atoms with Crippen LogP contribution in [0.5, 0.6) is 5.75 Å². The number of hydrogen-bond acceptors (Lipinski definition) is 2. The van der Waals surface area contributed by atoms with E-state index in [2.05, 4.69) is 10.2 Å². The summed E-state index contributed by atoms with van der Waals surface area (Å²) in [6.45, 7) is 0. The Balaban J connectivity index is 2.00. The molecule has 0 amide bonds. The van der Waals surface area contributed by atoms with Crippen LogP contribution >= 0.6 is 0 Å². The summed E-state index contributed by atoms with van der Waals surface area (Å²) in [7, 11) is 0. The average Bonchev–Trinajstić information content (AvgIpc) is 2.80. The van der Waals surface area contributed by atoms with Crippen molar-refractivity contribution < 1.29 is 5.11 Å². The van der Waals surface area contributed by atoms with Crippen LogP contribution in [0.1, 0.15) is 11.3 Å². The number of benzene rings is 2. The maximum atomic E-state index is 9.49. The number of nitrogens with zero attached hydrogens (tertiary/aromatic N) is 1. The lowest BCUT2D eigenvalue weighted by Crippen LogP contribution is -1.73. The van der Waals surface area contributed by atoms with E-state index >= 15 is 0 Å². The van der Waals surface area contributed by atoms with Crippen LogP contribution in [0.15, 0.2) is 48.5 Å². The fourth-order valence-corrected chi connectivity index (χ4v) is 1.89. The second kappa shape index (κ2) is 4.37. The number of phenolic OH excluding ortho intramolecular Hbond substituents is 1. The van der Waals surface area contributed by atoms with E-state index in [0.717, 1.165) is 22.2 Å². The maximum Gasteiger partial charge on any atom is 0.116 e. The van der Waals surface area contributed by atoms with Crippen molar-refractivity contribution in [2.24, 2.45) is 0 Å². The van der Waals surface area contributed by atoms with Crippen molar-refractivity contribution in [3.8, 4) is 5.75 Å². The highest BCUT2D eigenvalue weighted by Gasteiger charge is 2.03. The molecule has 2 N–H and O–H groups in total. The van der Waals surface area contributed by atoms with Crippen LogP contribution in [-0.4, -0.2) is 15.3 Å². The molecule has 0 atom stereocenters. The van der Waals surface area contributed by atoms with Gasteiger partial charge < -0.3 is 5.11 Å². The van der Waals surface area contributed by atoms with E-state index in [9.17, 15) is 5.11 Å². The predicted octanol–water partition coefficient (Wildman–Crippen LogP) is 3.44. The maximum absolute atomic E-state index is 9.49. The molecule has 3 rings (SSSR count). The predicted molar refractivity (Wildman–Crippen MR) is 73.1 cm³/mol. The summed E-state index contributed by atoms with van der Waals surface area (Å²) < 4.78 is 0. The number of aromatic hydroxyl groups is 1. The first-order valence-corrected chi connectivity index (χ1v) is 5.73. The highest BCUT2D eigenvalue weighted by molar-refractivity contribution is 5.90. The zero-order valence-corrected chi connectivity index (χ0v) is 9.67. The van der Waals surface area contributed by atoms with Gasteiger partial charge in [-0.25, -0.2) is 0 Å². The van der Waals surface area contributed by atoms with Gasteiger partial charge in [-0.1, -0.05) is 36.4 Å². The fourth-order valence-electron chi connectivity index (χ4n) is 1.89. The molecule has 0 aliphatic rings. The Morgan fingerprint density at radius 2 is 1.83 bits per heavy atom. The molecule has 3 nitrogen and oxygen atoms in total. The molecule has 88 valence electrons. The van der Waals surface area contributed by atoms with Crippen LogP contribution in [-0.2, 0) is 0 Å². The number of phenols is 1. The molecule has 0 bridgehead atoms. The lowest BCUT2D eigenvalue weighted by molar-refractivity contribution is 0.476. The Morgan fingerprint density at radius 1 is 1.00 bits per heavy atom. The van der Waals surface area contributed by atoms with Crippen molar-refractivity contribution in [1.82, 2.24) is 10.2 Å². The lowest BCUT2D eigenvalue weighted by Gasteiger charge is -1.93. The SMILES string of the molecule is Oc1ccc2[nH]nc(C=Cc3ccccc3)c2c1. The van der Waals surface area contributed by atoms with Gasteiger partial charge in [-0.2, -0.15) is 5.10 Å². The zero-order chi connectivity index (χ0) is 12.4. The highest BCUT2D eigenvalue weighted by atomic mass is 16.3. The molecule has 0 saturated heterocycles. The van der Waals surface area contributed by atoms with Crippen LogP contribution in [0.4, 0.5) is 0 Å². The van der Waals surface area contributed by atoms with E-state index in [-0.39, 0.29) is 5.75 Å². The number of aromatic amines is 1. The Labute approximate surface area is 104 Å². The van der Waals surface area contributed by atoms with Crippen molar-refractivity contribution in [2.45, 2.75) is 0 Å². The molecule has 0 saturated carbocycles. The molecule has 1 heterocycles. The minimum absolute atomic E-state index is 0.248. The summed E-state index contributed by atoms with van der Waals surface area (Å²) >= 11 is 0. The number of fused-ring (bicyclic) bond motifs is 1. The van der Waals surface area contributed by atoms with Crippen molar-refractivity contribution in [3.05, 3.63) is 59.8 Å². The fraction of sp³-hybridized carbons (Fsp3) is 0. The summed E-state index contributed by atoms with van der Waals surface area (Å²) in [5.41, 5.74) is 2.86. The van der Waals surface area contributed by atoms with E-state index in [4.69, 9.17) is 0 Å². The molecular weight excluding hydrogens is 224 g/mol. The molecule has 0 fully saturated rings. The molecule has 0 spiro atoms. The number of nitrogens with one attached hydrogen (secondary N) is 1. The summed E-state index contributed by atoms with van der Waals surface area (Å²) in [4.78, 5) is 0. The molecule has 3 aromatic rings. The molecule has 0 aliphatic carbocycles. The van der Waals surface area contributed by atoms with Gasteiger partial charge in [-0.05, 0) is 29.8 Å². The van der Waals surface area contributed by atoms with E-state index < -0.39 is 0 Å². The summed E-state index contributed by atoms with van der Waals surface area (Å²) in [6.07, 6.45) is 3.94. The second-order valence-corrected chi connectivity index (χ2v) is 4.08. The Bertz CT molecular complexity index is 699. The molecule has 1 aromatic heterocycles. The zero-order valence-electron chi connectivity index (χ0n) is 9.67. The quantitative estimate of drug-likeness (QED) is 0.716. The summed E-state index contributed by atoms with van der Waals surface area (Å²) in [5, 5.41) is 17.6. The molecule has 0 unspecified atom stereocenters. The van der Waals surface area contributed by atoms with Gasteiger partial charge in [0.05, 0.1) is 11.2 Å². The Hall–Kier alpha value is -2.55. The van der Waals surface area contributed by atoms with Crippen molar-refractivity contribution in [1.29, 1.82) is 0 Å². The summed E-state index contributed by atoms with van der Waals surface area (Å²) in [5.74, 6) is 0.248. The van der Waals surface area contributed by atoms with Gasteiger partial charge in [0.15, 0.2) is 0 Å². The third-order valence-corrected chi connectivity index (χ3v) is 2.81. The molecule has 0 radical (unpaired) electrons. The van der Waals surface area contributed by atoms with Crippen LogP contribution in [0.3, 0.4) is 0 Å². The molecule has 2 aromatic carbocycles. The van der Waals surface area contributed by atoms with E-state index in [1.54, 1.807) is 12.1 Å². The van der Waals surface area contributed by atoms with E-state index in [0.29, 0.717) is 0 Å². The smallest absolute Gasteiger partial charge is 0.116 e. The molecule has 18 heavy (non-hydrogen) atoms. The van der Waals surface area contributed by atoms with Gasteiger partial charge in [0.1, 0.15) is 5.75 Å². The summed E-state index contributed by atoms with van der Waals surface area (Å²) in [6, 6.07) is 15.2. The minimum atomic E-state index is 0.248. The van der Waals surface area contributed by atoms with Crippen LogP contribution in [0, 0.1) is 0 Å². The van der Waals surface area contributed by atoms with Crippen LogP contribution in [0.2, 0.25) is 0 Å². The Kier molecular flexibility index (Phi) is 2.57. The number of H-pyrrole nitrogens is 1. The van der Waals surface area contributed by atoms with Crippen molar-refractivity contribution in [3.63, 3.8) is 0 Å². The van der Waals surface area contributed by atoms with Gasteiger partial charge >= 0.3 is 0 Å². The van der Waals surface area contributed by atoms with Crippen molar-refractivity contribution in [2.75, 3.05) is 0 Å². The third-order valence-electron chi connectivity index (χ3n) is 2.81. The van der Waals surface area contributed by atoms with Gasteiger partial charge in [0.2, 0.25) is 0 Å². The minimum Gasteiger partial charge on any atom is -0.508 e. The lowest BCUT2D eigenvalue weighted by atomic mass is 10.1. The first-order chi connectivity index (χ1) is 8.83. The number of rotatable bonds is 2. The molecule has 0 aliphatic heterocycles. The van der Waals surface area contributed by atoms with Crippen LogP contribution in [0.25, 0.3) is 23.1 Å². The first-order valence-electron chi connectivity index (χ1n) is 5.73. The topological polar surface area (TPSA) is 48.9 Å². The van der Waals surface area contributed by atoms with Gasteiger partial charge in [0, 0.05) is 5.39 Å². The normalized spacial score (nSPS) is 11.3. The van der Waals surface area contributed by atoms with Crippen LogP contribution < -0.4 is 0 Å². The molecular formula is C15H12N2O. The van der Waals surface area contributed by atoms with Crippen molar-refractivity contribution >= 4 is 23.1 Å². The average molecular weight is 236 g/mol. The second-order valence-electron chi connectivity index (χ2n) is 4.08. The third kappa shape index (κ3) is 1.98. The Morgan fingerprint density at radius 3 is 2.67 bits per heavy atom. The largest absolute Gasteiger partial charge is 0.508 e. The van der Waals surface area contributed by atoms with Gasteiger partial charge in [-0.3, -0.25) is 5.10 Å². The number of aromatic nitrogens is 2. The number of hydrogen-bond donors (Lipinski definition) is 2. The van der Waals surface area contributed by atoms with Gasteiger partial charge in [0.25, 0.3) is 0 Å². The monoisotopic (exact) mass is 236 g/mol. The van der Waals surface area contributed by atoms with Gasteiger partial charge in [-0.15, -0.1) is 0 Å². The first kappa shape index (κ1) is 10.6. The van der Waals surface area contributed by atoms with E-state index in [1.165, 1.54) is 0 Å². The van der Waals surface area contributed by atoms with E-state index in [1.807, 2.05) is 48.6 Å².